The Kier molecular flexibility index (Phi) is 7.63. The van der Waals surface area contributed by atoms with Crippen LogP contribution in [0.25, 0.3) is 16.6 Å². The van der Waals surface area contributed by atoms with Crippen LogP contribution in [0.2, 0.25) is 0 Å². The molecule has 38 heavy (non-hydrogen) atoms. The van der Waals surface area contributed by atoms with E-state index >= 15 is 0 Å². The Balaban J connectivity index is 2.00. The van der Waals surface area contributed by atoms with Crippen molar-refractivity contribution in [1.29, 1.82) is 0 Å². The third kappa shape index (κ3) is 5.31. The van der Waals surface area contributed by atoms with Gasteiger partial charge in [0.1, 0.15) is 17.0 Å². The highest BCUT2D eigenvalue weighted by Crippen LogP contribution is 2.27. The van der Waals surface area contributed by atoms with E-state index in [1.165, 1.54) is 42.3 Å². The minimum atomic E-state index is -3.37. The average Bonchev–Trinajstić information content (AvgIpc) is 2.84. The molecule has 0 fully saturated rings. The average molecular weight is 653 g/mol. The van der Waals surface area contributed by atoms with Crippen LogP contribution in [0.3, 0.4) is 0 Å². The van der Waals surface area contributed by atoms with Crippen LogP contribution in [0.15, 0.2) is 56.8 Å². The molecule has 2 N–H and O–H groups in total. The predicted octanol–water partition coefficient (Wildman–Crippen LogP) is 2.28. The second kappa shape index (κ2) is 10.5. The molecule has 13 heteroatoms. The van der Waals surface area contributed by atoms with Crippen LogP contribution in [-0.4, -0.2) is 34.9 Å². The first-order chi connectivity index (χ1) is 17.8. The van der Waals surface area contributed by atoms with E-state index in [1.54, 1.807) is 30.3 Å². The van der Waals surface area contributed by atoms with Crippen LogP contribution in [0.1, 0.15) is 11.1 Å². The third-order valence-electron chi connectivity index (χ3n) is 6.14. The molecule has 0 saturated carbocycles. The van der Waals surface area contributed by atoms with E-state index in [4.69, 9.17) is 0 Å². The summed E-state index contributed by atoms with van der Waals surface area (Å²) in [6.07, 6.45) is 1.41. The molecular formula is C25H25FIN5O5S. The van der Waals surface area contributed by atoms with Crippen molar-refractivity contribution in [3.8, 4) is 5.69 Å². The van der Waals surface area contributed by atoms with Gasteiger partial charge in [-0.05, 0) is 71.8 Å². The van der Waals surface area contributed by atoms with Crippen LogP contribution in [0.4, 0.5) is 15.9 Å². The maximum absolute atomic E-state index is 14.7. The lowest BCUT2D eigenvalue weighted by atomic mass is 10.1. The summed E-state index contributed by atoms with van der Waals surface area (Å²) < 4.78 is 44.1. The number of pyridine rings is 1. The molecule has 0 aliphatic rings. The number of nitrogens with one attached hydrogen (secondary N) is 2. The van der Waals surface area contributed by atoms with Gasteiger partial charge in [-0.25, -0.2) is 22.3 Å². The zero-order valence-corrected chi connectivity index (χ0v) is 24.0. The highest BCUT2D eigenvalue weighted by molar-refractivity contribution is 14.1. The molecule has 0 saturated heterocycles. The van der Waals surface area contributed by atoms with Crippen molar-refractivity contribution in [3.05, 3.63) is 94.2 Å². The Morgan fingerprint density at radius 3 is 2.37 bits per heavy atom. The Labute approximate surface area is 230 Å². The van der Waals surface area contributed by atoms with Gasteiger partial charge in [-0.1, -0.05) is 12.1 Å². The standard InChI is InChI=1S/C25H25FIN5O5S/c1-14-21-20(22(30(2)23(14)33)29-19-9-8-16(27)13-18(19)26)24(34)31(3)25(35)32(21)17-7-5-6-15(12-17)10-11-28-38(4,36)37/h5-9,12-13,28-29H,10-11H2,1-4H3. The zero-order valence-electron chi connectivity index (χ0n) is 21.0. The molecular weight excluding hydrogens is 628 g/mol. The number of hydrogen-bond donors (Lipinski definition) is 2. The molecule has 0 atom stereocenters. The number of anilines is 2. The predicted molar refractivity (Wildman–Crippen MR) is 154 cm³/mol. The number of sulfonamides is 1. The third-order valence-corrected chi connectivity index (χ3v) is 7.54. The topological polar surface area (TPSA) is 124 Å². The summed E-state index contributed by atoms with van der Waals surface area (Å²) in [5.41, 5.74) is -0.357. The van der Waals surface area contributed by atoms with Gasteiger partial charge in [-0.3, -0.25) is 23.3 Å². The fourth-order valence-electron chi connectivity index (χ4n) is 4.24. The van der Waals surface area contributed by atoms with Crippen molar-refractivity contribution in [2.24, 2.45) is 14.1 Å². The Hall–Kier alpha value is -3.30. The summed E-state index contributed by atoms with van der Waals surface area (Å²) in [5, 5.41) is 2.93. The van der Waals surface area contributed by atoms with E-state index in [2.05, 4.69) is 10.0 Å². The molecule has 4 rings (SSSR count). The second-order valence-electron chi connectivity index (χ2n) is 8.88. The summed E-state index contributed by atoms with van der Waals surface area (Å²) >= 11 is 1.97. The van der Waals surface area contributed by atoms with Crippen LogP contribution in [0, 0.1) is 16.3 Å². The molecule has 0 amide bonds. The molecule has 0 spiro atoms. The summed E-state index contributed by atoms with van der Waals surface area (Å²) in [6, 6.07) is 11.3. The lowest BCUT2D eigenvalue weighted by molar-refractivity contribution is 0.588. The smallest absolute Gasteiger partial charge is 0.335 e. The van der Waals surface area contributed by atoms with Gasteiger partial charge < -0.3 is 5.32 Å². The zero-order chi connectivity index (χ0) is 27.9. The molecule has 0 aliphatic heterocycles. The van der Waals surface area contributed by atoms with Gasteiger partial charge in [-0.15, -0.1) is 0 Å². The van der Waals surface area contributed by atoms with E-state index in [9.17, 15) is 27.2 Å². The minimum absolute atomic E-state index is 0.0359. The van der Waals surface area contributed by atoms with Gasteiger partial charge in [0.2, 0.25) is 10.0 Å². The first-order valence-electron chi connectivity index (χ1n) is 11.4. The number of hydrogen-bond acceptors (Lipinski definition) is 6. The fourth-order valence-corrected chi connectivity index (χ4v) is 5.17. The summed E-state index contributed by atoms with van der Waals surface area (Å²) in [6.45, 7) is 1.68. The molecule has 0 aliphatic carbocycles. The van der Waals surface area contributed by atoms with Crippen LogP contribution in [-0.2, 0) is 30.5 Å². The summed E-state index contributed by atoms with van der Waals surface area (Å²) in [4.78, 5) is 40.1. The van der Waals surface area contributed by atoms with E-state index in [0.29, 0.717) is 15.7 Å². The van der Waals surface area contributed by atoms with Gasteiger partial charge in [0.15, 0.2) is 0 Å². The number of benzene rings is 2. The lowest BCUT2D eigenvalue weighted by Gasteiger charge is -2.20. The van der Waals surface area contributed by atoms with Gasteiger partial charge in [-0.2, -0.15) is 0 Å². The van der Waals surface area contributed by atoms with Crippen molar-refractivity contribution in [2.75, 3.05) is 18.1 Å². The number of halogens is 2. The van der Waals surface area contributed by atoms with Crippen molar-refractivity contribution >= 4 is 55.0 Å². The first-order valence-corrected chi connectivity index (χ1v) is 14.4. The maximum atomic E-state index is 14.7. The van der Waals surface area contributed by atoms with Crippen molar-refractivity contribution < 1.29 is 12.8 Å². The van der Waals surface area contributed by atoms with Crippen LogP contribution >= 0.6 is 22.6 Å². The molecule has 2 heterocycles. The number of nitrogens with zero attached hydrogens (tertiary/aromatic N) is 3. The largest absolute Gasteiger partial charge is 0.338 e. The normalized spacial score (nSPS) is 11.7. The van der Waals surface area contributed by atoms with Crippen LogP contribution < -0.4 is 26.8 Å². The molecule has 10 nitrogen and oxygen atoms in total. The van der Waals surface area contributed by atoms with E-state index in [0.717, 1.165) is 16.4 Å². The monoisotopic (exact) mass is 653 g/mol. The summed E-state index contributed by atoms with van der Waals surface area (Å²) in [7, 11) is -0.574. The number of aryl methyl sites for hydroxylation is 1. The molecule has 2 aromatic heterocycles. The van der Waals surface area contributed by atoms with Crippen molar-refractivity contribution in [2.45, 2.75) is 13.3 Å². The maximum Gasteiger partial charge on any atom is 0.335 e. The fraction of sp³-hybridized carbons (Fsp3) is 0.240. The molecule has 200 valence electrons. The highest BCUT2D eigenvalue weighted by Gasteiger charge is 2.23. The van der Waals surface area contributed by atoms with Gasteiger partial charge in [0, 0.05) is 29.8 Å². The Morgan fingerprint density at radius 2 is 1.71 bits per heavy atom. The van der Waals surface area contributed by atoms with E-state index < -0.39 is 32.6 Å². The van der Waals surface area contributed by atoms with E-state index in [1.807, 2.05) is 22.6 Å². The van der Waals surface area contributed by atoms with Crippen molar-refractivity contribution in [3.63, 3.8) is 0 Å². The summed E-state index contributed by atoms with van der Waals surface area (Å²) in [5.74, 6) is -0.530. The Morgan fingerprint density at radius 1 is 1.00 bits per heavy atom. The molecule has 4 aromatic rings. The quantitative estimate of drug-likeness (QED) is 0.295. The van der Waals surface area contributed by atoms with Gasteiger partial charge in [0.25, 0.3) is 11.1 Å². The second-order valence-corrected chi connectivity index (χ2v) is 12.0. The van der Waals surface area contributed by atoms with Gasteiger partial charge >= 0.3 is 5.69 Å². The highest BCUT2D eigenvalue weighted by atomic mass is 127. The van der Waals surface area contributed by atoms with Crippen LogP contribution in [0.5, 0.6) is 0 Å². The van der Waals surface area contributed by atoms with Crippen molar-refractivity contribution in [1.82, 2.24) is 18.4 Å². The molecule has 0 unspecified atom stereocenters. The number of rotatable bonds is 7. The van der Waals surface area contributed by atoms with E-state index in [-0.39, 0.29) is 34.5 Å². The first kappa shape index (κ1) is 27.7. The SMILES string of the molecule is Cc1c(=O)n(C)c(Nc2ccc(I)cc2F)c2c(=O)n(C)c(=O)n(-c3cccc(CCNS(C)(=O)=O)c3)c12. The molecule has 0 bridgehead atoms. The Bertz CT molecular complexity index is 1880. The number of aromatic nitrogens is 3. The van der Waals surface area contributed by atoms with Gasteiger partial charge in [0.05, 0.1) is 23.1 Å². The molecule has 0 radical (unpaired) electrons. The minimum Gasteiger partial charge on any atom is -0.338 e. The molecule has 2 aromatic carbocycles. The lowest BCUT2D eigenvalue weighted by Crippen LogP contribution is -2.40. The number of fused-ring (bicyclic) bond motifs is 1.